The average molecular weight is 367 g/mol. The number of aliphatic carboxylic acids is 1. The van der Waals surface area contributed by atoms with Gasteiger partial charge in [0.15, 0.2) is 0 Å². The van der Waals surface area contributed by atoms with E-state index in [1.54, 1.807) is 0 Å². The molecule has 0 amide bonds. The van der Waals surface area contributed by atoms with E-state index in [1.807, 2.05) is 47.4 Å². The number of carboxylic acids is 1. The van der Waals surface area contributed by atoms with E-state index in [0.29, 0.717) is 18.5 Å². The van der Waals surface area contributed by atoms with Gasteiger partial charge in [-0.2, -0.15) is 0 Å². The molecule has 1 aliphatic rings. The Morgan fingerprint density at radius 3 is 2.59 bits per heavy atom. The van der Waals surface area contributed by atoms with E-state index in [9.17, 15) is 18.7 Å². The maximum atomic E-state index is 14.8. The minimum absolute atomic E-state index is 0.293. The summed E-state index contributed by atoms with van der Waals surface area (Å²) in [5, 5.41) is 11.6. The summed E-state index contributed by atoms with van der Waals surface area (Å²) in [5.41, 5.74) is 1.12. The third-order valence-corrected chi connectivity index (χ3v) is 5.29. The lowest BCUT2D eigenvalue weighted by Gasteiger charge is -2.33. The van der Waals surface area contributed by atoms with Crippen molar-refractivity contribution in [3.05, 3.63) is 83.4 Å². The van der Waals surface area contributed by atoms with Gasteiger partial charge in [0.25, 0.3) is 0 Å². The van der Waals surface area contributed by atoms with E-state index in [1.165, 1.54) is 12.1 Å². The molecule has 1 fully saturated rings. The Balaban J connectivity index is 1.94. The second-order valence-corrected chi connectivity index (χ2v) is 6.87. The van der Waals surface area contributed by atoms with Crippen molar-refractivity contribution < 1.29 is 18.7 Å². The van der Waals surface area contributed by atoms with Crippen LogP contribution in [-0.4, -0.2) is 28.6 Å². The number of hydrogen-bond acceptors (Lipinski definition) is 2. The number of rotatable bonds is 4. The van der Waals surface area contributed by atoms with Crippen LogP contribution in [-0.2, 0) is 4.79 Å². The Morgan fingerprint density at radius 1 is 1.04 bits per heavy atom. The predicted molar refractivity (Wildman–Crippen MR) is 99.5 cm³/mol. The van der Waals surface area contributed by atoms with E-state index < -0.39 is 29.7 Å². The van der Waals surface area contributed by atoms with Crippen molar-refractivity contribution in [2.24, 2.45) is 0 Å². The van der Waals surface area contributed by atoms with Crippen molar-refractivity contribution in [1.29, 1.82) is 0 Å². The van der Waals surface area contributed by atoms with Crippen molar-refractivity contribution in [2.45, 2.75) is 24.9 Å². The van der Waals surface area contributed by atoms with E-state index in [2.05, 4.69) is 0 Å². The van der Waals surface area contributed by atoms with Crippen LogP contribution in [0.4, 0.5) is 8.78 Å². The highest BCUT2D eigenvalue weighted by atomic mass is 19.1. The topological polar surface area (TPSA) is 40.5 Å². The SMILES string of the molecule is O=C(O)C1CCCN1C(c1ccc(F)cc1F)c1cccc2ccccc12. The Labute approximate surface area is 155 Å². The average Bonchev–Trinajstić information content (AvgIpc) is 3.13. The third-order valence-electron chi connectivity index (χ3n) is 5.29. The molecule has 3 nitrogen and oxygen atoms in total. The summed E-state index contributed by atoms with van der Waals surface area (Å²) in [6.45, 7) is 0.543. The van der Waals surface area contributed by atoms with Gasteiger partial charge in [0, 0.05) is 18.2 Å². The molecule has 0 bridgehead atoms. The van der Waals surface area contributed by atoms with Crippen LogP contribution in [0.5, 0.6) is 0 Å². The van der Waals surface area contributed by atoms with Crippen molar-refractivity contribution in [3.8, 4) is 0 Å². The second-order valence-electron chi connectivity index (χ2n) is 6.87. The van der Waals surface area contributed by atoms with Crippen molar-refractivity contribution in [2.75, 3.05) is 6.54 Å². The molecule has 1 aliphatic heterocycles. The lowest BCUT2D eigenvalue weighted by Crippen LogP contribution is -2.39. The number of halogens is 2. The smallest absolute Gasteiger partial charge is 0.320 e. The summed E-state index contributed by atoms with van der Waals surface area (Å²) >= 11 is 0. The molecule has 1 heterocycles. The molecular weight excluding hydrogens is 348 g/mol. The summed E-state index contributed by atoms with van der Waals surface area (Å²) < 4.78 is 28.3. The number of carbonyl (C=O) groups is 1. The minimum Gasteiger partial charge on any atom is -0.480 e. The molecule has 1 N–H and O–H groups in total. The summed E-state index contributed by atoms with van der Waals surface area (Å²) in [6.07, 6.45) is 1.24. The molecule has 138 valence electrons. The third kappa shape index (κ3) is 3.19. The highest BCUT2D eigenvalue weighted by Crippen LogP contribution is 2.39. The Bertz CT molecular complexity index is 999. The molecule has 4 rings (SSSR count). The van der Waals surface area contributed by atoms with E-state index in [4.69, 9.17) is 0 Å². The number of benzene rings is 3. The van der Waals surface area contributed by atoms with Crippen molar-refractivity contribution >= 4 is 16.7 Å². The summed E-state index contributed by atoms with van der Waals surface area (Å²) in [7, 11) is 0. The molecule has 2 unspecified atom stereocenters. The van der Waals surface area contributed by atoms with Gasteiger partial charge in [-0.3, -0.25) is 9.69 Å². The van der Waals surface area contributed by atoms with Crippen molar-refractivity contribution in [3.63, 3.8) is 0 Å². The fraction of sp³-hybridized carbons (Fsp3) is 0.227. The fourth-order valence-corrected chi connectivity index (χ4v) is 4.10. The van der Waals surface area contributed by atoms with Gasteiger partial charge in [-0.05, 0) is 35.2 Å². The summed E-state index contributed by atoms with van der Waals surface area (Å²) in [5.74, 6) is -2.23. The molecule has 0 spiro atoms. The molecule has 0 aliphatic carbocycles. The van der Waals surface area contributed by atoms with Gasteiger partial charge in [0.1, 0.15) is 17.7 Å². The van der Waals surface area contributed by atoms with Crippen LogP contribution < -0.4 is 0 Å². The molecular formula is C22H19F2NO2. The quantitative estimate of drug-likeness (QED) is 0.723. The van der Waals surface area contributed by atoms with Crippen LogP contribution in [0.15, 0.2) is 60.7 Å². The standard InChI is InChI=1S/C22H19F2NO2/c23-15-10-11-18(19(24)13-15)21(25-12-4-9-20(25)22(26)27)17-8-3-6-14-5-1-2-7-16(14)17/h1-3,5-8,10-11,13,20-21H,4,9,12H2,(H,26,27). The zero-order valence-electron chi connectivity index (χ0n) is 14.6. The highest BCUT2D eigenvalue weighted by molar-refractivity contribution is 5.86. The normalized spacial score (nSPS) is 18.7. The number of likely N-dealkylation sites (tertiary alicyclic amines) is 1. The van der Waals surface area contributed by atoms with Crippen LogP contribution in [0.3, 0.4) is 0 Å². The lowest BCUT2D eigenvalue weighted by molar-refractivity contribution is -0.142. The second kappa shape index (κ2) is 7.08. The molecule has 5 heteroatoms. The van der Waals surface area contributed by atoms with Crippen LogP contribution in [0.2, 0.25) is 0 Å². The van der Waals surface area contributed by atoms with E-state index >= 15 is 0 Å². The maximum absolute atomic E-state index is 14.8. The Hall–Kier alpha value is -2.79. The van der Waals surface area contributed by atoms with Crippen LogP contribution in [0.1, 0.15) is 30.0 Å². The van der Waals surface area contributed by atoms with Crippen LogP contribution in [0, 0.1) is 11.6 Å². The molecule has 3 aromatic rings. The van der Waals surface area contributed by atoms with Crippen molar-refractivity contribution in [1.82, 2.24) is 4.90 Å². The number of hydrogen-bond donors (Lipinski definition) is 1. The minimum atomic E-state index is -0.916. The first-order valence-electron chi connectivity index (χ1n) is 8.97. The maximum Gasteiger partial charge on any atom is 0.320 e. The molecule has 0 radical (unpaired) electrons. The zero-order chi connectivity index (χ0) is 19.0. The van der Waals surface area contributed by atoms with E-state index in [0.717, 1.165) is 28.8 Å². The fourth-order valence-electron chi connectivity index (χ4n) is 4.10. The molecule has 27 heavy (non-hydrogen) atoms. The van der Waals surface area contributed by atoms with Gasteiger partial charge in [-0.25, -0.2) is 8.78 Å². The van der Waals surface area contributed by atoms with Gasteiger partial charge in [0.2, 0.25) is 0 Å². The summed E-state index contributed by atoms with van der Waals surface area (Å²) in [6, 6.07) is 15.7. The molecule has 0 saturated carbocycles. The van der Waals surface area contributed by atoms with Gasteiger partial charge in [-0.1, -0.05) is 48.5 Å². The first kappa shape index (κ1) is 17.6. The van der Waals surface area contributed by atoms with Gasteiger partial charge < -0.3 is 5.11 Å². The number of carboxylic acid groups (broad SMARTS) is 1. The van der Waals surface area contributed by atoms with E-state index in [-0.39, 0.29) is 0 Å². The van der Waals surface area contributed by atoms with Gasteiger partial charge >= 0.3 is 5.97 Å². The van der Waals surface area contributed by atoms with Crippen LogP contribution in [0.25, 0.3) is 10.8 Å². The predicted octanol–water partition coefficient (Wildman–Crippen LogP) is 4.76. The van der Waals surface area contributed by atoms with Gasteiger partial charge in [0.05, 0.1) is 6.04 Å². The molecule has 3 aromatic carbocycles. The zero-order valence-corrected chi connectivity index (χ0v) is 14.6. The van der Waals surface area contributed by atoms with Gasteiger partial charge in [-0.15, -0.1) is 0 Å². The monoisotopic (exact) mass is 367 g/mol. The largest absolute Gasteiger partial charge is 0.480 e. The molecule has 2 atom stereocenters. The Morgan fingerprint density at radius 2 is 1.81 bits per heavy atom. The Kier molecular flexibility index (Phi) is 4.62. The summed E-state index contributed by atoms with van der Waals surface area (Å²) in [4.78, 5) is 13.6. The van der Waals surface area contributed by atoms with Crippen LogP contribution >= 0.6 is 0 Å². The highest BCUT2D eigenvalue weighted by Gasteiger charge is 2.38. The molecule has 1 saturated heterocycles. The first-order valence-corrected chi connectivity index (χ1v) is 8.97. The first-order chi connectivity index (χ1) is 13.1. The number of nitrogens with zero attached hydrogens (tertiary/aromatic N) is 1. The molecule has 0 aromatic heterocycles. The lowest BCUT2D eigenvalue weighted by atomic mass is 9.91. The number of fused-ring (bicyclic) bond motifs is 1.